The molecule has 0 aliphatic rings. The van der Waals surface area contributed by atoms with E-state index in [0.717, 1.165) is 17.9 Å². The number of aryl methyl sites for hydroxylation is 1. The molecule has 7 heteroatoms. The highest BCUT2D eigenvalue weighted by Gasteiger charge is 2.19. The summed E-state index contributed by atoms with van der Waals surface area (Å²) in [7, 11) is 3.05. The number of hydrogen-bond acceptors (Lipinski definition) is 5. The lowest BCUT2D eigenvalue weighted by atomic mass is 10.1. The number of methoxy groups -OCH3 is 2. The van der Waals surface area contributed by atoms with Crippen LogP contribution >= 0.6 is 12.4 Å². The van der Waals surface area contributed by atoms with Gasteiger partial charge < -0.3 is 24.8 Å². The molecule has 2 N–H and O–H groups in total. The molecule has 0 fully saturated rings. The Balaban J connectivity index is 0.00000392. The third-order valence-corrected chi connectivity index (χ3v) is 4.02. The molecule has 0 spiro atoms. The van der Waals surface area contributed by atoms with Gasteiger partial charge in [0.1, 0.15) is 29.4 Å². The van der Waals surface area contributed by atoms with Crippen LogP contribution in [0.25, 0.3) is 0 Å². The highest BCUT2D eigenvalue weighted by Crippen LogP contribution is 2.30. The molecule has 0 aliphatic carbocycles. The Labute approximate surface area is 173 Å². The van der Waals surface area contributed by atoms with Gasteiger partial charge in [0.05, 0.1) is 14.2 Å². The second-order valence-electron chi connectivity index (χ2n) is 6.43. The minimum Gasteiger partial charge on any atom is -0.496 e. The van der Waals surface area contributed by atoms with E-state index in [0.29, 0.717) is 35.4 Å². The second kappa shape index (κ2) is 11.4. The first-order chi connectivity index (χ1) is 13.0. The largest absolute Gasteiger partial charge is 0.496 e. The summed E-state index contributed by atoms with van der Waals surface area (Å²) in [6.45, 7) is 7.48. The first-order valence-corrected chi connectivity index (χ1v) is 8.95. The van der Waals surface area contributed by atoms with Gasteiger partial charge in [-0.15, -0.1) is 12.4 Å². The van der Waals surface area contributed by atoms with Crippen molar-refractivity contribution >= 4 is 24.0 Å². The molecule has 28 heavy (non-hydrogen) atoms. The molecule has 0 aromatic heterocycles. The van der Waals surface area contributed by atoms with Crippen LogP contribution < -0.4 is 24.8 Å². The van der Waals surface area contributed by atoms with E-state index in [2.05, 4.69) is 24.5 Å². The van der Waals surface area contributed by atoms with Crippen LogP contribution in [0.4, 0.5) is 5.69 Å². The Morgan fingerprint density at radius 2 is 1.71 bits per heavy atom. The Kier molecular flexibility index (Phi) is 9.62. The summed E-state index contributed by atoms with van der Waals surface area (Å²) in [4.78, 5) is 12.8. The number of anilines is 1. The molecule has 2 aromatic rings. The average Bonchev–Trinajstić information content (AvgIpc) is 2.66. The highest BCUT2D eigenvalue weighted by atomic mass is 35.5. The number of amides is 1. The molecule has 1 amide bonds. The van der Waals surface area contributed by atoms with Crippen molar-refractivity contribution in [2.24, 2.45) is 0 Å². The average molecular weight is 409 g/mol. The van der Waals surface area contributed by atoms with Crippen molar-refractivity contribution in [3.05, 3.63) is 47.5 Å². The minimum atomic E-state index is -0.290. The second-order valence-corrected chi connectivity index (χ2v) is 6.43. The maximum atomic E-state index is 12.8. The van der Waals surface area contributed by atoms with E-state index in [1.807, 2.05) is 25.1 Å². The van der Waals surface area contributed by atoms with E-state index in [1.54, 1.807) is 18.2 Å². The molecule has 0 saturated heterocycles. The van der Waals surface area contributed by atoms with Crippen molar-refractivity contribution in [2.75, 3.05) is 32.7 Å². The lowest BCUT2D eigenvalue weighted by Gasteiger charge is -2.15. The van der Waals surface area contributed by atoms with Crippen molar-refractivity contribution in [2.45, 2.75) is 26.8 Å². The molecule has 0 saturated carbocycles. The molecular formula is C21H29ClN2O4. The third-order valence-electron chi connectivity index (χ3n) is 4.02. The van der Waals surface area contributed by atoms with Gasteiger partial charge in [-0.1, -0.05) is 19.9 Å². The quantitative estimate of drug-likeness (QED) is 0.612. The van der Waals surface area contributed by atoms with Gasteiger partial charge in [0, 0.05) is 18.3 Å². The van der Waals surface area contributed by atoms with E-state index < -0.39 is 0 Å². The molecule has 0 atom stereocenters. The van der Waals surface area contributed by atoms with E-state index in [9.17, 15) is 4.79 Å². The molecule has 2 aromatic carbocycles. The minimum absolute atomic E-state index is 0. The van der Waals surface area contributed by atoms with E-state index in [4.69, 9.17) is 14.2 Å². The number of ether oxygens (including phenoxy) is 3. The number of hydrogen-bond donors (Lipinski definition) is 2. The first-order valence-electron chi connectivity index (χ1n) is 8.95. The molecule has 0 bridgehead atoms. The fraction of sp³-hybridized carbons (Fsp3) is 0.381. The summed E-state index contributed by atoms with van der Waals surface area (Å²) >= 11 is 0. The predicted octanol–water partition coefficient (Wildman–Crippen LogP) is 4.06. The van der Waals surface area contributed by atoms with Gasteiger partial charge in [0.15, 0.2) is 0 Å². The maximum Gasteiger partial charge on any atom is 0.263 e. The van der Waals surface area contributed by atoms with E-state index in [-0.39, 0.29) is 18.3 Å². The van der Waals surface area contributed by atoms with Crippen molar-refractivity contribution in [1.29, 1.82) is 0 Å². The summed E-state index contributed by atoms with van der Waals surface area (Å²) in [5, 5.41) is 6.22. The zero-order chi connectivity index (χ0) is 19.8. The van der Waals surface area contributed by atoms with Crippen molar-refractivity contribution < 1.29 is 19.0 Å². The summed E-state index contributed by atoms with van der Waals surface area (Å²) in [5.41, 5.74) is 1.98. The third kappa shape index (κ3) is 6.32. The van der Waals surface area contributed by atoms with Gasteiger partial charge in [0.2, 0.25) is 0 Å². The highest BCUT2D eigenvalue weighted by molar-refractivity contribution is 6.08. The zero-order valence-corrected chi connectivity index (χ0v) is 17.8. The summed E-state index contributed by atoms with van der Waals surface area (Å²) in [6, 6.07) is 11.3. The topological polar surface area (TPSA) is 68.8 Å². The smallest absolute Gasteiger partial charge is 0.263 e. The van der Waals surface area contributed by atoms with Crippen LogP contribution in [0.15, 0.2) is 36.4 Å². The monoisotopic (exact) mass is 408 g/mol. The van der Waals surface area contributed by atoms with Crippen LogP contribution in [0.3, 0.4) is 0 Å². The molecular weight excluding hydrogens is 380 g/mol. The number of halogens is 1. The fourth-order valence-corrected chi connectivity index (χ4v) is 2.64. The number of benzene rings is 2. The molecule has 0 radical (unpaired) electrons. The van der Waals surface area contributed by atoms with Gasteiger partial charge in [0.25, 0.3) is 5.91 Å². The van der Waals surface area contributed by atoms with Gasteiger partial charge in [-0.25, -0.2) is 0 Å². The number of rotatable bonds is 9. The SMILES string of the molecule is COc1cccc(OC)c1C(=O)Nc1ccc(OCCNC(C)C)cc1C.Cl. The summed E-state index contributed by atoms with van der Waals surface area (Å²) in [6.07, 6.45) is 0. The Hall–Kier alpha value is -2.44. The molecule has 154 valence electrons. The van der Waals surface area contributed by atoms with Gasteiger partial charge in [-0.05, 0) is 42.8 Å². The maximum absolute atomic E-state index is 12.8. The van der Waals surface area contributed by atoms with Crippen LogP contribution in [0, 0.1) is 6.92 Å². The summed E-state index contributed by atoms with van der Waals surface area (Å²) < 4.78 is 16.3. The van der Waals surface area contributed by atoms with Crippen LogP contribution in [-0.4, -0.2) is 39.3 Å². The Bertz CT molecular complexity index is 759. The number of carbonyl (C=O) groups is 1. The van der Waals surface area contributed by atoms with Crippen LogP contribution in [0.1, 0.15) is 29.8 Å². The molecule has 2 rings (SSSR count). The van der Waals surface area contributed by atoms with Crippen molar-refractivity contribution in [3.63, 3.8) is 0 Å². The van der Waals surface area contributed by atoms with Crippen molar-refractivity contribution in [3.8, 4) is 17.2 Å². The summed E-state index contributed by atoms with van der Waals surface area (Å²) in [5.74, 6) is 1.40. The molecule has 0 aliphatic heterocycles. The Morgan fingerprint density at radius 3 is 2.25 bits per heavy atom. The standard InChI is InChI=1S/C21H28N2O4.ClH/c1-14(2)22-11-12-27-16-9-10-17(15(3)13-16)23-21(24)20-18(25-4)7-6-8-19(20)26-5;/h6-10,13-14,22H,11-12H2,1-5H3,(H,23,24);1H. The lowest BCUT2D eigenvalue weighted by Crippen LogP contribution is -2.27. The van der Waals surface area contributed by atoms with Crippen LogP contribution in [0.5, 0.6) is 17.2 Å². The molecule has 0 heterocycles. The van der Waals surface area contributed by atoms with E-state index in [1.165, 1.54) is 14.2 Å². The lowest BCUT2D eigenvalue weighted by molar-refractivity contribution is 0.102. The number of nitrogens with one attached hydrogen (secondary N) is 2. The number of carbonyl (C=O) groups excluding carboxylic acids is 1. The van der Waals surface area contributed by atoms with Gasteiger partial charge in [-0.2, -0.15) is 0 Å². The van der Waals surface area contributed by atoms with Gasteiger partial charge >= 0.3 is 0 Å². The van der Waals surface area contributed by atoms with Crippen molar-refractivity contribution in [1.82, 2.24) is 5.32 Å². The predicted molar refractivity (Wildman–Crippen MR) is 115 cm³/mol. The Morgan fingerprint density at radius 1 is 1.07 bits per heavy atom. The fourth-order valence-electron chi connectivity index (χ4n) is 2.64. The normalized spacial score (nSPS) is 10.2. The molecule has 0 unspecified atom stereocenters. The van der Waals surface area contributed by atoms with Crippen LogP contribution in [-0.2, 0) is 0 Å². The zero-order valence-electron chi connectivity index (χ0n) is 17.0. The first kappa shape index (κ1) is 23.6. The van der Waals surface area contributed by atoms with Gasteiger partial charge in [-0.3, -0.25) is 4.79 Å². The molecule has 6 nitrogen and oxygen atoms in total. The van der Waals surface area contributed by atoms with E-state index >= 15 is 0 Å². The van der Waals surface area contributed by atoms with Crippen LogP contribution in [0.2, 0.25) is 0 Å².